The van der Waals surface area contributed by atoms with E-state index in [-0.39, 0.29) is 17.9 Å². The fraction of sp³-hybridized carbons (Fsp3) is 0.500. The van der Waals surface area contributed by atoms with Crippen molar-refractivity contribution in [3.8, 4) is 0 Å². The number of carbonyl (C=O) groups is 1. The molecule has 1 unspecified atom stereocenters. The van der Waals surface area contributed by atoms with Gasteiger partial charge in [-0.25, -0.2) is 4.39 Å². The second-order valence-electron chi connectivity index (χ2n) is 4.99. The number of rotatable bonds is 2. The minimum absolute atomic E-state index is 0.157. The van der Waals surface area contributed by atoms with Crippen molar-refractivity contribution in [3.05, 3.63) is 34.1 Å². The normalized spacial score (nSPS) is 18.4. The van der Waals surface area contributed by atoms with Crippen molar-refractivity contribution in [2.24, 2.45) is 5.92 Å². The fourth-order valence-electron chi connectivity index (χ4n) is 2.42. The van der Waals surface area contributed by atoms with Crippen molar-refractivity contribution < 1.29 is 14.3 Å². The van der Waals surface area contributed by atoms with Crippen LogP contribution in [0.1, 0.15) is 30.1 Å². The molecule has 1 N–H and O–H groups in total. The van der Waals surface area contributed by atoms with E-state index in [1.165, 1.54) is 12.1 Å². The second kappa shape index (κ2) is 6.01. The molecule has 3 nitrogen and oxygen atoms in total. The van der Waals surface area contributed by atoms with Crippen LogP contribution in [0.3, 0.4) is 0 Å². The molecule has 5 heteroatoms. The fourth-order valence-corrected chi connectivity index (χ4v) is 2.83. The van der Waals surface area contributed by atoms with Crippen molar-refractivity contribution in [1.82, 2.24) is 4.90 Å². The first-order valence-corrected chi connectivity index (χ1v) is 7.20. The van der Waals surface area contributed by atoms with E-state index in [9.17, 15) is 14.3 Å². The molecule has 1 atom stereocenters. The minimum atomic E-state index is -0.412. The molecule has 19 heavy (non-hydrogen) atoms. The summed E-state index contributed by atoms with van der Waals surface area (Å²) in [6.07, 6.45) is 1.24. The number of aliphatic hydroxyl groups is 1. The van der Waals surface area contributed by atoms with E-state index < -0.39 is 5.82 Å². The lowest BCUT2D eigenvalue weighted by molar-refractivity contribution is 0.0520. The Hall–Kier alpha value is -0.940. The number of halogens is 2. The topological polar surface area (TPSA) is 40.5 Å². The van der Waals surface area contributed by atoms with E-state index in [0.29, 0.717) is 23.1 Å². The number of hydrogen-bond donors (Lipinski definition) is 1. The maximum absolute atomic E-state index is 13.2. The van der Waals surface area contributed by atoms with Crippen LogP contribution < -0.4 is 0 Å². The van der Waals surface area contributed by atoms with Crippen molar-refractivity contribution in [3.63, 3.8) is 0 Å². The van der Waals surface area contributed by atoms with Gasteiger partial charge in [0.1, 0.15) is 5.82 Å². The smallest absolute Gasteiger partial charge is 0.255 e. The summed E-state index contributed by atoms with van der Waals surface area (Å²) < 4.78 is 13.8. The maximum Gasteiger partial charge on any atom is 0.255 e. The number of likely N-dealkylation sites (tertiary alicyclic amines) is 1. The number of hydrogen-bond acceptors (Lipinski definition) is 2. The highest BCUT2D eigenvalue weighted by atomic mass is 79.9. The van der Waals surface area contributed by atoms with Gasteiger partial charge in [0.05, 0.1) is 11.7 Å². The van der Waals surface area contributed by atoms with Crippen LogP contribution in [0.2, 0.25) is 0 Å². The summed E-state index contributed by atoms with van der Waals surface area (Å²) in [5.74, 6) is -0.319. The molecule has 104 valence electrons. The summed E-state index contributed by atoms with van der Waals surface area (Å²) in [6, 6.07) is 4.12. The standard InChI is InChI=1S/C14H17BrFNO2/c1-9(18)10-4-6-17(7-5-10)14(19)12-8-11(16)2-3-13(12)15/h2-3,8-10,18H,4-7H2,1H3. The highest BCUT2D eigenvalue weighted by molar-refractivity contribution is 9.10. The average Bonchev–Trinajstić information content (AvgIpc) is 2.41. The van der Waals surface area contributed by atoms with E-state index in [1.54, 1.807) is 17.9 Å². The molecule has 1 aromatic rings. The highest BCUT2D eigenvalue weighted by Gasteiger charge is 2.26. The quantitative estimate of drug-likeness (QED) is 0.906. The third kappa shape index (κ3) is 3.34. The van der Waals surface area contributed by atoms with E-state index in [4.69, 9.17) is 0 Å². The predicted octanol–water partition coefficient (Wildman–Crippen LogP) is 2.82. The molecule has 1 aliphatic heterocycles. The van der Waals surface area contributed by atoms with Gasteiger partial charge in [-0.1, -0.05) is 0 Å². The molecule has 2 rings (SSSR count). The van der Waals surface area contributed by atoms with Crippen molar-refractivity contribution in [2.45, 2.75) is 25.9 Å². The van der Waals surface area contributed by atoms with Gasteiger partial charge in [-0.2, -0.15) is 0 Å². The summed E-state index contributed by atoms with van der Waals surface area (Å²) in [7, 11) is 0. The first kappa shape index (κ1) is 14.5. The Bertz CT molecular complexity index is 471. The van der Waals surface area contributed by atoms with Crippen LogP contribution in [-0.4, -0.2) is 35.1 Å². The Morgan fingerprint density at radius 3 is 2.68 bits per heavy atom. The van der Waals surface area contributed by atoms with Gasteiger partial charge in [-0.3, -0.25) is 4.79 Å². The van der Waals surface area contributed by atoms with Crippen LogP contribution in [0.5, 0.6) is 0 Å². The first-order chi connectivity index (χ1) is 8.99. The average molecular weight is 330 g/mol. The molecule has 0 saturated carbocycles. The monoisotopic (exact) mass is 329 g/mol. The number of amides is 1. The second-order valence-corrected chi connectivity index (χ2v) is 5.85. The van der Waals surface area contributed by atoms with E-state index in [2.05, 4.69) is 15.9 Å². The summed E-state index contributed by atoms with van der Waals surface area (Å²) in [6.45, 7) is 3.00. The summed E-state index contributed by atoms with van der Waals surface area (Å²) in [5.41, 5.74) is 0.357. The molecular weight excluding hydrogens is 313 g/mol. The van der Waals surface area contributed by atoms with Gasteiger partial charge in [0.25, 0.3) is 5.91 Å². The molecule has 0 bridgehead atoms. The van der Waals surface area contributed by atoms with Gasteiger partial charge in [-0.05, 0) is 59.8 Å². The van der Waals surface area contributed by atoms with Gasteiger partial charge in [-0.15, -0.1) is 0 Å². The van der Waals surface area contributed by atoms with Gasteiger partial charge < -0.3 is 10.0 Å². The number of benzene rings is 1. The molecule has 1 heterocycles. The van der Waals surface area contributed by atoms with Gasteiger partial charge in [0.2, 0.25) is 0 Å². The summed E-state index contributed by atoms with van der Waals surface area (Å²) in [4.78, 5) is 14.0. The first-order valence-electron chi connectivity index (χ1n) is 6.41. The van der Waals surface area contributed by atoms with E-state index in [0.717, 1.165) is 12.8 Å². The largest absolute Gasteiger partial charge is 0.393 e. The number of piperidine rings is 1. The third-order valence-electron chi connectivity index (χ3n) is 3.67. The molecule has 1 fully saturated rings. The molecule has 0 spiro atoms. The van der Waals surface area contributed by atoms with Crippen molar-refractivity contribution in [2.75, 3.05) is 13.1 Å². The minimum Gasteiger partial charge on any atom is -0.393 e. The van der Waals surface area contributed by atoms with Crippen LogP contribution in [0, 0.1) is 11.7 Å². The Kier molecular flexibility index (Phi) is 4.58. The molecule has 1 aromatic carbocycles. The lowest BCUT2D eigenvalue weighted by Crippen LogP contribution is -2.40. The predicted molar refractivity (Wildman–Crippen MR) is 74.4 cm³/mol. The molecular formula is C14H17BrFNO2. The number of nitrogens with zero attached hydrogens (tertiary/aromatic N) is 1. The van der Waals surface area contributed by atoms with Crippen LogP contribution in [0.25, 0.3) is 0 Å². The Labute approximate surface area is 120 Å². The van der Waals surface area contributed by atoms with Gasteiger partial charge >= 0.3 is 0 Å². The van der Waals surface area contributed by atoms with E-state index in [1.807, 2.05) is 0 Å². The molecule has 1 amide bonds. The highest BCUT2D eigenvalue weighted by Crippen LogP contribution is 2.24. The lowest BCUT2D eigenvalue weighted by atomic mass is 9.92. The van der Waals surface area contributed by atoms with Crippen LogP contribution in [0.4, 0.5) is 4.39 Å². The zero-order valence-electron chi connectivity index (χ0n) is 10.8. The summed E-state index contributed by atoms with van der Waals surface area (Å²) >= 11 is 3.28. The van der Waals surface area contributed by atoms with Crippen LogP contribution in [-0.2, 0) is 0 Å². The zero-order chi connectivity index (χ0) is 14.0. The zero-order valence-corrected chi connectivity index (χ0v) is 12.4. The van der Waals surface area contributed by atoms with Crippen LogP contribution in [0.15, 0.2) is 22.7 Å². The Balaban J connectivity index is 2.07. The lowest BCUT2D eigenvalue weighted by Gasteiger charge is -2.33. The van der Waals surface area contributed by atoms with Gasteiger partial charge in [0.15, 0.2) is 0 Å². The molecule has 1 aliphatic rings. The Morgan fingerprint density at radius 2 is 2.11 bits per heavy atom. The SMILES string of the molecule is CC(O)C1CCN(C(=O)c2cc(F)ccc2Br)CC1. The molecule has 0 aromatic heterocycles. The molecule has 0 radical (unpaired) electrons. The van der Waals surface area contributed by atoms with E-state index >= 15 is 0 Å². The van der Waals surface area contributed by atoms with Crippen molar-refractivity contribution >= 4 is 21.8 Å². The number of aliphatic hydroxyl groups excluding tert-OH is 1. The maximum atomic E-state index is 13.2. The van der Waals surface area contributed by atoms with Gasteiger partial charge in [0, 0.05) is 17.6 Å². The van der Waals surface area contributed by atoms with Crippen LogP contribution >= 0.6 is 15.9 Å². The Morgan fingerprint density at radius 1 is 1.47 bits per heavy atom. The van der Waals surface area contributed by atoms with Crippen molar-refractivity contribution in [1.29, 1.82) is 0 Å². The molecule has 0 aliphatic carbocycles. The molecule has 1 saturated heterocycles. The third-order valence-corrected chi connectivity index (χ3v) is 4.36. The summed E-state index contributed by atoms with van der Waals surface area (Å²) in [5, 5.41) is 9.54. The number of carbonyl (C=O) groups excluding carboxylic acids is 1.